The van der Waals surface area contributed by atoms with Gasteiger partial charge in [-0.1, -0.05) is 29.8 Å². The SMILES string of the molecule is CC(OC(=O)c1ccc(Cl)c([N+](=O)[O-])c1)C(=O)NC1CCOc2ccccc21. The van der Waals surface area contributed by atoms with Crippen molar-refractivity contribution in [1.29, 1.82) is 0 Å². The number of carbonyl (C=O) groups is 2. The lowest BCUT2D eigenvalue weighted by Gasteiger charge is -2.27. The number of nitrogens with zero attached hydrogens (tertiary/aromatic N) is 1. The van der Waals surface area contributed by atoms with Gasteiger partial charge in [-0.05, 0) is 25.1 Å². The average Bonchev–Trinajstić information content (AvgIpc) is 2.68. The molecule has 9 heteroatoms. The fourth-order valence-corrected chi connectivity index (χ4v) is 3.03. The predicted octanol–water partition coefficient (Wildman–Crippen LogP) is 3.43. The molecule has 1 aliphatic rings. The molecule has 2 atom stereocenters. The molecule has 3 rings (SSSR count). The molecule has 0 spiro atoms. The molecule has 28 heavy (non-hydrogen) atoms. The molecule has 2 aromatic rings. The molecular weight excluding hydrogens is 388 g/mol. The highest BCUT2D eigenvalue weighted by molar-refractivity contribution is 6.32. The number of nitrogens with one attached hydrogen (secondary N) is 1. The first-order chi connectivity index (χ1) is 13.4. The van der Waals surface area contributed by atoms with E-state index in [0.717, 1.165) is 11.6 Å². The Bertz CT molecular complexity index is 932. The third-order valence-electron chi connectivity index (χ3n) is 4.31. The molecule has 0 fully saturated rings. The zero-order chi connectivity index (χ0) is 20.3. The highest BCUT2D eigenvalue weighted by Gasteiger charge is 2.27. The van der Waals surface area contributed by atoms with Gasteiger partial charge in [0.25, 0.3) is 11.6 Å². The Hall–Kier alpha value is -3.13. The van der Waals surface area contributed by atoms with E-state index in [0.29, 0.717) is 18.8 Å². The van der Waals surface area contributed by atoms with Crippen LogP contribution in [0.25, 0.3) is 0 Å². The summed E-state index contributed by atoms with van der Waals surface area (Å²) in [5, 5.41) is 13.7. The highest BCUT2D eigenvalue weighted by Crippen LogP contribution is 2.31. The molecule has 8 nitrogen and oxygen atoms in total. The summed E-state index contributed by atoms with van der Waals surface area (Å²) >= 11 is 5.73. The second-order valence-electron chi connectivity index (χ2n) is 6.21. The van der Waals surface area contributed by atoms with Gasteiger partial charge in [0, 0.05) is 18.1 Å². The molecule has 0 bridgehead atoms. The minimum Gasteiger partial charge on any atom is -0.493 e. The number of ether oxygens (including phenoxy) is 2. The summed E-state index contributed by atoms with van der Waals surface area (Å²) in [5.41, 5.74) is 0.383. The van der Waals surface area contributed by atoms with Crippen LogP contribution >= 0.6 is 11.6 Å². The van der Waals surface area contributed by atoms with Gasteiger partial charge in [0.15, 0.2) is 6.10 Å². The first-order valence-electron chi connectivity index (χ1n) is 8.54. The third-order valence-corrected chi connectivity index (χ3v) is 4.63. The fraction of sp³-hybridized carbons (Fsp3) is 0.263. The zero-order valence-corrected chi connectivity index (χ0v) is 15.6. The molecule has 2 unspecified atom stereocenters. The van der Waals surface area contributed by atoms with Gasteiger partial charge in [-0.2, -0.15) is 0 Å². The maximum atomic E-state index is 12.5. The Morgan fingerprint density at radius 1 is 1.32 bits per heavy atom. The molecule has 146 valence electrons. The van der Waals surface area contributed by atoms with Crippen molar-refractivity contribution >= 4 is 29.2 Å². The molecule has 0 saturated heterocycles. The second kappa shape index (κ2) is 8.26. The van der Waals surface area contributed by atoms with Crippen LogP contribution in [0.3, 0.4) is 0 Å². The molecule has 1 heterocycles. The van der Waals surface area contributed by atoms with E-state index in [4.69, 9.17) is 21.1 Å². The summed E-state index contributed by atoms with van der Waals surface area (Å²) in [7, 11) is 0. The van der Waals surface area contributed by atoms with Crippen LogP contribution in [-0.4, -0.2) is 29.5 Å². The number of esters is 1. The summed E-state index contributed by atoms with van der Waals surface area (Å²) < 4.78 is 10.7. The van der Waals surface area contributed by atoms with E-state index in [2.05, 4.69) is 5.32 Å². The van der Waals surface area contributed by atoms with Crippen LogP contribution in [0.1, 0.15) is 35.3 Å². The summed E-state index contributed by atoms with van der Waals surface area (Å²) in [6.45, 7) is 1.90. The number of hydrogen-bond acceptors (Lipinski definition) is 6. The summed E-state index contributed by atoms with van der Waals surface area (Å²) in [5.74, 6) is -0.620. The second-order valence-corrected chi connectivity index (χ2v) is 6.61. The van der Waals surface area contributed by atoms with Crippen molar-refractivity contribution in [1.82, 2.24) is 5.32 Å². The number of hydrogen-bond donors (Lipinski definition) is 1. The van der Waals surface area contributed by atoms with E-state index in [1.165, 1.54) is 19.1 Å². The van der Waals surface area contributed by atoms with Crippen molar-refractivity contribution in [2.75, 3.05) is 6.61 Å². The lowest BCUT2D eigenvalue weighted by molar-refractivity contribution is -0.384. The number of nitro benzene ring substituents is 1. The topological polar surface area (TPSA) is 108 Å². The van der Waals surface area contributed by atoms with E-state index >= 15 is 0 Å². The van der Waals surface area contributed by atoms with Crippen LogP contribution in [0, 0.1) is 10.1 Å². The molecule has 1 amide bonds. The highest BCUT2D eigenvalue weighted by atomic mass is 35.5. The zero-order valence-electron chi connectivity index (χ0n) is 14.9. The Kier molecular flexibility index (Phi) is 5.79. The number of halogens is 1. The summed E-state index contributed by atoms with van der Waals surface area (Å²) in [6, 6.07) is 10.7. The largest absolute Gasteiger partial charge is 0.493 e. The minimum atomic E-state index is -1.09. The van der Waals surface area contributed by atoms with Crippen LogP contribution in [0.15, 0.2) is 42.5 Å². The van der Waals surface area contributed by atoms with Crippen LogP contribution in [-0.2, 0) is 9.53 Å². The van der Waals surface area contributed by atoms with E-state index in [1.807, 2.05) is 24.3 Å². The number of para-hydroxylation sites is 1. The van der Waals surface area contributed by atoms with Gasteiger partial charge in [0.2, 0.25) is 0 Å². The molecule has 0 aromatic heterocycles. The van der Waals surface area contributed by atoms with Gasteiger partial charge >= 0.3 is 5.97 Å². The van der Waals surface area contributed by atoms with Crippen molar-refractivity contribution in [3.63, 3.8) is 0 Å². The van der Waals surface area contributed by atoms with Crippen molar-refractivity contribution < 1.29 is 24.0 Å². The first-order valence-corrected chi connectivity index (χ1v) is 8.91. The van der Waals surface area contributed by atoms with Crippen LogP contribution in [0.5, 0.6) is 5.75 Å². The number of fused-ring (bicyclic) bond motifs is 1. The molecule has 0 saturated carbocycles. The smallest absolute Gasteiger partial charge is 0.339 e. The van der Waals surface area contributed by atoms with Crippen molar-refractivity contribution in [3.8, 4) is 5.75 Å². The Morgan fingerprint density at radius 2 is 2.07 bits per heavy atom. The van der Waals surface area contributed by atoms with E-state index in [-0.39, 0.29) is 16.6 Å². The predicted molar refractivity (Wildman–Crippen MR) is 100 cm³/mol. The van der Waals surface area contributed by atoms with Crippen molar-refractivity contribution in [2.45, 2.75) is 25.5 Å². The molecule has 0 aliphatic carbocycles. The van der Waals surface area contributed by atoms with Gasteiger partial charge in [0.1, 0.15) is 10.8 Å². The number of nitro groups is 1. The number of carbonyl (C=O) groups excluding carboxylic acids is 2. The molecule has 1 N–H and O–H groups in total. The Labute approximate surface area is 165 Å². The standard InChI is InChI=1S/C19H17ClN2O6/c1-11(28-19(24)12-6-7-14(20)16(10-12)22(25)26)18(23)21-15-8-9-27-17-5-3-2-4-13(15)17/h2-7,10-11,15H,8-9H2,1H3,(H,21,23). The van der Waals surface area contributed by atoms with Crippen molar-refractivity contribution in [3.05, 3.63) is 68.7 Å². The van der Waals surface area contributed by atoms with Gasteiger partial charge in [0.05, 0.1) is 23.1 Å². The Morgan fingerprint density at radius 3 is 2.82 bits per heavy atom. The molecule has 0 radical (unpaired) electrons. The normalized spacial score (nSPS) is 16.3. The Balaban J connectivity index is 1.66. The maximum absolute atomic E-state index is 12.5. The quantitative estimate of drug-likeness (QED) is 0.464. The van der Waals surface area contributed by atoms with E-state index in [1.54, 1.807) is 0 Å². The molecule has 1 aliphatic heterocycles. The summed E-state index contributed by atoms with van der Waals surface area (Å²) in [4.78, 5) is 35.0. The molecule has 2 aromatic carbocycles. The lowest BCUT2D eigenvalue weighted by atomic mass is 10.0. The monoisotopic (exact) mass is 404 g/mol. The lowest BCUT2D eigenvalue weighted by Crippen LogP contribution is -2.39. The van der Waals surface area contributed by atoms with Crippen LogP contribution in [0.4, 0.5) is 5.69 Å². The van der Waals surface area contributed by atoms with Gasteiger partial charge < -0.3 is 14.8 Å². The van der Waals surface area contributed by atoms with Crippen molar-refractivity contribution in [2.24, 2.45) is 0 Å². The first kappa shape index (κ1) is 19.6. The van der Waals surface area contributed by atoms with Gasteiger partial charge in [-0.3, -0.25) is 14.9 Å². The van der Waals surface area contributed by atoms with Gasteiger partial charge in [-0.25, -0.2) is 4.79 Å². The number of amides is 1. The van der Waals surface area contributed by atoms with Crippen LogP contribution in [0.2, 0.25) is 5.02 Å². The third kappa shape index (κ3) is 4.23. The van der Waals surface area contributed by atoms with Crippen LogP contribution < -0.4 is 10.1 Å². The van der Waals surface area contributed by atoms with E-state index in [9.17, 15) is 19.7 Å². The number of rotatable bonds is 5. The average molecular weight is 405 g/mol. The van der Waals surface area contributed by atoms with Gasteiger partial charge in [-0.15, -0.1) is 0 Å². The summed E-state index contributed by atoms with van der Waals surface area (Å²) in [6.07, 6.45) is -0.496. The molecular formula is C19H17ClN2O6. The maximum Gasteiger partial charge on any atom is 0.339 e. The fourth-order valence-electron chi connectivity index (χ4n) is 2.84. The minimum absolute atomic E-state index is 0.0628. The number of benzene rings is 2. The van der Waals surface area contributed by atoms with E-state index < -0.39 is 28.6 Å².